The van der Waals surface area contributed by atoms with Crippen LogP contribution in [0.15, 0.2) is 30.7 Å². The minimum Gasteiger partial charge on any atom is -0.497 e. The molecule has 1 aromatic heterocycles. The summed E-state index contributed by atoms with van der Waals surface area (Å²) in [7, 11) is 0. The SMILES string of the molecule is Cc1ccc(N2CCC(NC[C@@H]3CCC=CO3)CC2)nc1. The molecule has 0 unspecified atom stereocenters. The van der Waals surface area contributed by atoms with Crippen LogP contribution in [-0.4, -0.2) is 36.8 Å². The first kappa shape index (κ1) is 14.4. The third kappa shape index (κ3) is 3.97. The van der Waals surface area contributed by atoms with Crippen molar-refractivity contribution in [2.75, 3.05) is 24.5 Å². The predicted octanol–water partition coefficient (Wildman–Crippen LogP) is 2.64. The van der Waals surface area contributed by atoms with E-state index in [1.54, 1.807) is 0 Å². The highest BCUT2D eigenvalue weighted by Gasteiger charge is 2.21. The van der Waals surface area contributed by atoms with Crippen LogP contribution in [0.5, 0.6) is 0 Å². The van der Waals surface area contributed by atoms with Crippen LogP contribution in [0.4, 0.5) is 5.82 Å². The molecule has 1 fully saturated rings. The summed E-state index contributed by atoms with van der Waals surface area (Å²) in [5.41, 5.74) is 1.22. The Morgan fingerprint density at radius 3 is 2.81 bits per heavy atom. The number of allylic oxidation sites excluding steroid dienone is 1. The average Bonchev–Trinajstić information content (AvgIpc) is 2.55. The third-order valence-corrected chi connectivity index (χ3v) is 4.37. The van der Waals surface area contributed by atoms with E-state index in [2.05, 4.69) is 40.3 Å². The molecule has 0 amide bonds. The van der Waals surface area contributed by atoms with E-state index in [1.807, 2.05) is 12.5 Å². The second-order valence-electron chi connectivity index (χ2n) is 6.07. The molecule has 2 aliphatic rings. The number of anilines is 1. The summed E-state index contributed by atoms with van der Waals surface area (Å²) in [4.78, 5) is 6.91. The fourth-order valence-electron chi connectivity index (χ4n) is 2.99. The quantitative estimate of drug-likeness (QED) is 0.924. The minimum absolute atomic E-state index is 0.354. The van der Waals surface area contributed by atoms with Crippen molar-refractivity contribution >= 4 is 5.82 Å². The van der Waals surface area contributed by atoms with Crippen molar-refractivity contribution in [2.45, 2.75) is 44.8 Å². The minimum atomic E-state index is 0.354. The van der Waals surface area contributed by atoms with Crippen LogP contribution in [-0.2, 0) is 4.74 Å². The second kappa shape index (κ2) is 6.94. The van der Waals surface area contributed by atoms with Crippen LogP contribution in [0, 0.1) is 6.92 Å². The van der Waals surface area contributed by atoms with Gasteiger partial charge in [0.25, 0.3) is 0 Å². The first-order valence-corrected chi connectivity index (χ1v) is 8.03. The Hall–Kier alpha value is -1.55. The maximum Gasteiger partial charge on any atom is 0.128 e. The number of pyridine rings is 1. The number of rotatable bonds is 4. The Labute approximate surface area is 127 Å². The van der Waals surface area contributed by atoms with Gasteiger partial charge in [0.05, 0.1) is 6.26 Å². The maximum atomic E-state index is 5.61. The highest BCUT2D eigenvalue weighted by molar-refractivity contribution is 5.39. The van der Waals surface area contributed by atoms with E-state index in [9.17, 15) is 0 Å². The largest absolute Gasteiger partial charge is 0.497 e. The molecule has 1 N–H and O–H groups in total. The van der Waals surface area contributed by atoms with E-state index in [4.69, 9.17) is 4.74 Å². The van der Waals surface area contributed by atoms with E-state index in [0.717, 1.165) is 38.3 Å². The van der Waals surface area contributed by atoms with E-state index >= 15 is 0 Å². The van der Waals surface area contributed by atoms with Gasteiger partial charge in [-0.25, -0.2) is 4.98 Å². The highest BCUT2D eigenvalue weighted by Crippen LogP contribution is 2.18. The van der Waals surface area contributed by atoms with Crippen LogP contribution in [0.2, 0.25) is 0 Å². The maximum absolute atomic E-state index is 5.61. The number of aryl methyl sites for hydroxylation is 1. The Morgan fingerprint density at radius 2 is 2.14 bits per heavy atom. The number of nitrogens with zero attached hydrogens (tertiary/aromatic N) is 2. The molecule has 0 aliphatic carbocycles. The fourth-order valence-corrected chi connectivity index (χ4v) is 2.99. The number of hydrogen-bond acceptors (Lipinski definition) is 4. The van der Waals surface area contributed by atoms with Gasteiger partial charge in [-0.2, -0.15) is 0 Å². The van der Waals surface area contributed by atoms with Crippen LogP contribution < -0.4 is 10.2 Å². The number of piperidine rings is 1. The standard InChI is InChI=1S/C17H25N3O/c1-14-5-6-17(19-12-14)20-9-7-15(8-10-20)18-13-16-4-2-3-11-21-16/h3,5-6,11-12,15-16,18H,2,4,7-10,13H2,1H3/t16-/m0/s1. The molecule has 2 aliphatic heterocycles. The van der Waals surface area contributed by atoms with Gasteiger partial charge in [0.1, 0.15) is 11.9 Å². The lowest BCUT2D eigenvalue weighted by molar-refractivity contribution is 0.118. The van der Waals surface area contributed by atoms with Crippen LogP contribution in [0.1, 0.15) is 31.2 Å². The van der Waals surface area contributed by atoms with Crippen LogP contribution >= 0.6 is 0 Å². The monoisotopic (exact) mass is 287 g/mol. The van der Waals surface area contributed by atoms with E-state index in [-0.39, 0.29) is 0 Å². The topological polar surface area (TPSA) is 37.4 Å². The zero-order chi connectivity index (χ0) is 14.5. The second-order valence-corrected chi connectivity index (χ2v) is 6.07. The molecule has 1 aromatic rings. The Morgan fingerprint density at radius 1 is 1.29 bits per heavy atom. The van der Waals surface area contributed by atoms with Gasteiger partial charge in [-0.3, -0.25) is 0 Å². The lowest BCUT2D eigenvalue weighted by Crippen LogP contribution is -2.45. The average molecular weight is 287 g/mol. The molecule has 0 spiro atoms. The Balaban J connectivity index is 1.42. The fraction of sp³-hybridized carbons (Fsp3) is 0.588. The van der Waals surface area contributed by atoms with Gasteiger partial charge in [0.2, 0.25) is 0 Å². The van der Waals surface area contributed by atoms with Gasteiger partial charge >= 0.3 is 0 Å². The van der Waals surface area contributed by atoms with Crippen molar-refractivity contribution in [1.29, 1.82) is 0 Å². The number of nitrogens with one attached hydrogen (secondary N) is 1. The number of aromatic nitrogens is 1. The third-order valence-electron chi connectivity index (χ3n) is 4.37. The lowest BCUT2D eigenvalue weighted by Gasteiger charge is -2.34. The molecule has 3 rings (SSSR count). The number of hydrogen-bond donors (Lipinski definition) is 1. The molecule has 4 heteroatoms. The predicted molar refractivity (Wildman–Crippen MR) is 85.5 cm³/mol. The summed E-state index contributed by atoms with van der Waals surface area (Å²) in [6.07, 6.45) is 10.9. The molecule has 3 heterocycles. The summed E-state index contributed by atoms with van der Waals surface area (Å²) < 4.78 is 5.61. The molecule has 0 bridgehead atoms. The molecule has 1 saturated heterocycles. The van der Waals surface area contributed by atoms with Crippen molar-refractivity contribution in [1.82, 2.24) is 10.3 Å². The summed E-state index contributed by atoms with van der Waals surface area (Å²) in [5, 5.41) is 3.67. The zero-order valence-corrected chi connectivity index (χ0v) is 12.8. The first-order valence-electron chi connectivity index (χ1n) is 8.03. The summed E-state index contributed by atoms with van der Waals surface area (Å²) in [6.45, 7) is 5.21. The van der Waals surface area contributed by atoms with Gasteiger partial charge in [0.15, 0.2) is 0 Å². The van der Waals surface area contributed by atoms with Crippen molar-refractivity contribution < 1.29 is 4.74 Å². The summed E-state index contributed by atoms with van der Waals surface area (Å²) in [6, 6.07) is 4.88. The van der Waals surface area contributed by atoms with Gasteiger partial charge in [0, 0.05) is 31.9 Å². The molecular formula is C17H25N3O. The highest BCUT2D eigenvalue weighted by atomic mass is 16.5. The Bertz CT molecular complexity index is 463. The summed E-state index contributed by atoms with van der Waals surface area (Å²) >= 11 is 0. The molecule has 0 saturated carbocycles. The van der Waals surface area contributed by atoms with Crippen molar-refractivity contribution in [3.8, 4) is 0 Å². The van der Waals surface area contributed by atoms with Crippen molar-refractivity contribution in [2.24, 2.45) is 0 Å². The normalized spacial score (nSPS) is 23.1. The molecule has 4 nitrogen and oxygen atoms in total. The molecule has 1 atom stereocenters. The van der Waals surface area contributed by atoms with E-state index in [1.165, 1.54) is 18.4 Å². The summed E-state index contributed by atoms with van der Waals surface area (Å²) in [5.74, 6) is 1.11. The lowest BCUT2D eigenvalue weighted by atomic mass is 10.0. The van der Waals surface area contributed by atoms with E-state index < -0.39 is 0 Å². The van der Waals surface area contributed by atoms with Crippen LogP contribution in [0.3, 0.4) is 0 Å². The van der Waals surface area contributed by atoms with Gasteiger partial charge < -0.3 is 15.0 Å². The van der Waals surface area contributed by atoms with Gasteiger partial charge in [-0.05, 0) is 50.3 Å². The zero-order valence-electron chi connectivity index (χ0n) is 12.8. The van der Waals surface area contributed by atoms with Gasteiger partial charge in [-0.15, -0.1) is 0 Å². The van der Waals surface area contributed by atoms with Gasteiger partial charge in [-0.1, -0.05) is 6.07 Å². The molecule has 114 valence electrons. The Kier molecular flexibility index (Phi) is 4.76. The first-order chi connectivity index (χ1) is 10.3. The molecular weight excluding hydrogens is 262 g/mol. The van der Waals surface area contributed by atoms with Crippen molar-refractivity contribution in [3.05, 3.63) is 36.2 Å². The molecule has 21 heavy (non-hydrogen) atoms. The molecule has 0 radical (unpaired) electrons. The van der Waals surface area contributed by atoms with Crippen LogP contribution in [0.25, 0.3) is 0 Å². The van der Waals surface area contributed by atoms with Crippen molar-refractivity contribution in [3.63, 3.8) is 0 Å². The smallest absolute Gasteiger partial charge is 0.128 e. The molecule has 0 aromatic carbocycles. The number of ether oxygens (including phenoxy) is 1. The van der Waals surface area contributed by atoms with E-state index in [0.29, 0.717) is 12.1 Å².